The van der Waals surface area contributed by atoms with Crippen molar-refractivity contribution in [2.75, 3.05) is 12.4 Å². The Kier molecular flexibility index (Phi) is 3.92. The van der Waals surface area contributed by atoms with Crippen molar-refractivity contribution >= 4 is 11.7 Å². The molecule has 3 nitrogen and oxygen atoms in total. The predicted molar refractivity (Wildman–Crippen MR) is 68.7 cm³/mol. The second-order valence-corrected chi connectivity index (χ2v) is 4.98. The molecule has 1 aliphatic rings. The van der Waals surface area contributed by atoms with E-state index in [2.05, 4.69) is 10.1 Å². The molecule has 0 aliphatic carbocycles. The molecule has 20 heavy (non-hydrogen) atoms. The van der Waals surface area contributed by atoms with Gasteiger partial charge in [-0.2, -0.15) is 13.2 Å². The summed E-state index contributed by atoms with van der Waals surface area (Å²) in [6.45, 7) is 1.74. The summed E-state index contributed by atoms with van der Waals surface area (Å²) >= 11 is 0. The lowest BCUT2D eigenvalue weighted by atomic mass is 9.92. The molecule has 1 aromatic carbocycles. The SMILES string of the molecule is COC(=O)Cc1cc(C)c2c(c1)CCC(C(F)(F)F)N2. The number of aryl methyl sites for hydroxylation is 2. The first-order chi connectivity index (χ1) is 9.31. The number of ether oxygens (including phenoxy) is 1. The molecule has 0 radical (unpaired) electrons. The number of nitrogens with one attached hydrogen (secondary N) is 1. The zero-order chi connectivity index (χ0) is 14.9. The van der Waals surface area contributed by atoms with Crippen LogP contribution in [0.4, 0.5) is 18.9 Å². The minimum absolute atomic E-state index is 0.0115. The van der Waals surface area contributed by atoms with E-state index in [0.717, 1.165) is 16.7 Å². The van der Waals surface area contributed by atoms with Gasteiger partial charge < -0.3 is 10.1 Å². The van der Waals surface area contributed by atoms with E-state index in [0.29, 0.717) is 12.1 Å². The predicted octanol–water partition coefficient (Wildman–Crippen LogP) is 3.00. The van der Waals surface area contributed by atoms with E-state index in [9.17, 15) is 18.0 Å². The zero-order valence-electron chi connectivity index (χ0n) is 11.3. The number of methoxy groups -OCH3 is 1. The van der Waals surface area contributed by atoms with Crippen LogP contribution < -0.4 is 5.32 Å². The molecule has 1 aliphatic heterocycles. The minimum atomic E-state index is -4.24. The molecule has 0 amide bonds. The second kappa shape index (κ2) is 5.34. The summed E-state index contributed by atoms with van der Waals surface area (Å²) < 4.78 is 42.8. The van der Waals surface area contributed by atoms with Crippen LogP contribution in [0.1, 0.15) is 23.1 Å². The topological polar surface area (TPSA) is 38.3 Å². The molecule has 0 saturated heterocycles. The quantitative estimate of drug-likeness (QED) is 0.850. The van der Waals surface area contributed by atoms with Crippen LogP contribution in [0.2, 0.25) is 0 Å². The monoisotopic (exact) mass is 287 g/mol. The van der Waals surface area contributed by atoms with Crippen LogP contribution in [-0.2, 0) is 22.4 Å². The van der Waals surface area contributed by atoms with Gasteiger partial charge in [0.05, 0.1) is 13.5 Å². The summed E-state index contributed by atoms with van der Waals surface area (Å²) in [7, 11) is 1.31. The van der Waals surface area contributed by atoms with Gasteiger partial charge in [-0.1, -0.05) is 12.1 Å². The van der Waals surface area contributed by atoms with Gasteiger partial charge in [0.1, 0.15) is 6.04 Å². The Morgan fingerprint density at radius 2 is 2.15 bits per heavy atom. The Morgan fingerprint density at radius 3 is 2.75 bits per heavy atom. The van der Waals surface area contributed by atoms with E-state index in [-0.39, 0.29) is 18.8 Å². The van der Waals surface area contributed by atoms with Crippen LogP contribution in [0.25, 0.3) is 0 Å². The fourth-order valence-electron chi connectivity index (χ4n) is 2.48. The molecular formula is C14H16F3NO2. The third-order valence-corrected chi connectivity index (χ3v) is 3.47. The summed E-state index contributed by atoms with van der Waals surface area (Å²) in [6.07, 6.45) is -3.75. The highest BCUT2D eigenvalue weighted by molar-refractivity contribution is 5.73. The number of fused-ring (bicyclic) bond motifs is 1. The lowest BCUT2D eigenvalue weighted by Crippen LogP contribution is -2.39. The number of hydrogen-bond acceptors (Lipinski definition) is 3. The summed E-state index contributed by atoms with van der Waals surface area (Å²) in [6, 6.07) is 2.00. The molecule has 1 heterocycles. The first-order valence-corrected chi connectivity index (χ1v) is 6.33. The van der Waals surface area contributed by atoms with Gasteiger partial charge in [-0.05, 0) is 36.5 Å². The molecule has 1 atom stereocenters. The van der Waals surface area contributed by atoms with Gasteiger partial charge in [-0.3, -0.25) is 4.79 Å². The van der Waals surface area contributed by atoms with Crippen molar-refractivity contribution in [3.05, 3.63) is 28.8 Å². The van der Waals surface area contributed by atoms with Crippen molar-refractivity contribution in [1.29, 1.82) is 0 Å². The molecule has 0 saturated carbocycles. The van der Waals surface area contributed by atoms with Crippen molar-refractivity contribution in [3.63, 3.8) is 0 Å². The third kappa shape index (κ3) is 3.05. The van der Waals surface area contributed by atoms with Gasteiger partial charge >= 0.3 is 12.1 Å². The molecule has 1 unspecified atom stereocenters. The Bertz CT molecular complexity index is 526. The average Bonchev–Trinajstić information content (AvgIpc) is 2.37. The number of carbonyl (C=O) groups is 1. The number of rotatable bonds is 2. The fraction of sp³-hybridized carbons (Fsp3) is 0.500. The van der Waals surface area contributed by atoms with Crippen LogP contribution in [0, 0.1) is 6.92 Å². The maximum absolute atomic E-state index is 12.7. The highest BCUT2D eigenvalue weighted by atomic mass is 19.4. The number of carbonyl (C=O) groups excluding carboxylic acids is 1. The molecule has 0 aromatic heterocycles. The first kappa shape index (κ1) is 14.7. The normalized spacial score (nSPS) is 18.1. The van der Waals surface area contributed by atoms with Crippen LogP contribution in [0.15, 0.2) is 12.1 Å². The van der Waals surface area contributed by atoms with Crippen LogP contribution >= 0.6 is 0 Å². The molecular weight excluding hydrogens is 271 g/mol. The standard InChI is InChI=1S/C14H16F3NO2/c1-8-5-9(7-12(19)20-2)6-10-3-4-11(14(15,16)17)18-13(8)10/h5-6,11,18H,3-4,7H2,1-2H3. The largest absolute Gasteiger partial charge is 0.469 e. The van der Waals surface area contributed by atoms with E-state index < -0.39 is 12.2 Å². The summed E-state index contributed by atoms with van der Waals surface area (Å²) in [4.78, 5) is 11.3. The van der Waals surface area contributed by atoms with Gasteiger partial charge in [0.2, 0.25) is 0 Å². The van der Waals surface area contributed by atoms with Crippen molar-refractivity contribution in [3.8, 4) is 0 Å². The number of hydrogen-bond donors (Lipinski definition) is 1. The average molecular weight is 287 g/mol. The number of benzene rings is 1. The molecule has 1 aromatic rings. The van der Waals surface area contributed by atoms with Gasteiger partial charge in [0.15, 0.2) is 0 Å². The van der Waals surface area contributed by atoms with Gasteiger partial charge in [-0.15, -0.1) is 0 Å². The second-order valence-electron chi connectivity index (χ2n) is 4.98. The molecule has 0 bridgehead atoms. The highest BCUT2D eigenvalue weighted by Crippen LogP contribution is 2.35. The third-order valence-electron chi connectivity index (χ3n) is 3.47. The first-order valence-electron chi connectivity index (χ1n) is 6.33. The molecule has 110 valence electrons. The summed E-state index contributed by atoms with van der Waals surface area (Å²) in [5, 5.41) is 2.56. The number of esters is 1. The lowest BCUT2D eigenvalue weighted by molar-refractivity contribution is -0.144. The Hall–Kier alpha value is -1.72. The number of alkyl halides is 3. The minimum Gasteiger partial charge on any atom is -0.469 e. The van der Waals surface area contributed by atoms with Gasteiger partial charge in [-0.25, -0.2) is 0 Å². The Labute approximate surface area is 115 Å². The molecule has 1 N–H and O–H groups in total. The maximum Gasteiger partial charge on any atom is 0.408 e. The molecule has 6 heteroatoms. The van der Waals surface area contributed by atoms with E-state index in [4.69, 9.17) is 0 Å². The van der Waals surface area contributed by atoms with Crippen LogP contribution in [-0.4, -0.2) is 25.3 Å². The Morgan fingerprint density at radius 1 is 1.45 bits per heavy atom. The summed E-state index contributed by atoms with van der Waals surface area (Å²) in [5.74, 6) is -0.360. The lowest BCUT2D eigenvalue weighted by Gasteiger charge is -2.30. The van der Waals surface area contributed by atoms with Crippen molar-refractivity contribution in [1.82, 2.24) is 0 Å². The maximum atomic E-state index is 12.7. The van der Waals surface area contributed by atoms with Crippen molar-refractivity contribution in [2.45, 2.75) is 38.4 Å². The smallest absolute Gasteiger partial charge is 0.408 e. The number of halogens is 3. The Balaban J connectivity index is 2.25. The molecule has 0 spiro atoms. The van der Waals surface area contributed by atoms with E-state index in [1.807, 2.05) is 0 Å². The fourth-order valence-corrected chi connectivity index (χ4v) is 2.48. The van der Waals surface area contributed by atoms with Crippen LogP contribution in [0.5, 0.6) is 0 Å². The summed E-state index contributed by atoms with van der Waals surface area (Å²) in [5.41, 5.74) is 2.84. The zero-order valence-corrected chi connectivity index (χ0v) is 11.3. The van der Waals surface area contributed by atoms with E-state index in [1.54, 1.807) is 19.1 Å². The highest BCUT2D eigenvalue weighted by Gasteiger charge is 2.41. The van der Waals surface area contributed by atoms with Gasteiger partial charge in [0.25, 0.3) is 0 Å². The van der Waals surface area contributed by atoms with Gasteiger partial charge in [0, 0.05) is 5.69 Å². The van der Waals surface area contributed by atoms with Crippen LogP contribution in [0.3, 0.4) is 0 Å². The van der Waals surface area contributed by atoms with Crippen molar-refractivity contribution < 1.29 is 22.7 Å². The van der Waals surface area contributed by atoms with E-state index in [1.165, 1.54) is 7.11 Å². The number of anilines is 1. The van der Waals surface area contributed by atoms with Crippen molar-refractivity contribution in [2.24, 2.45) is 0 Å². The molecule has 2 rings (SSSR count). The molecule has 0 fully saturated rings. The van der Waals surface area contributed by atoms with E-state index >= 15 is 0 Å².